The number of fused-ring (bicyclic) bond motifs is 1. The molecule has 4 aliphatic carbocycles. The average Bonchev–Trinajstić information content (AvgIpc) is 3.29. The summed E-state index contributed by atoms with van der Waals surface area (Å²) < 4.78 is 5.43. The van der Waals surface area contributed by atoms with Crippen LogP contribution in [0.25, 0.3) is 21.8 Å². The molecule has 0 radical (unpaired) electrons. The van der Waals surface area contributed by atoms with Crippen LogP contribution in [-0.4, -0.2) is 15.5 Å². The highest BCUT2D eigenvalue weighted by atomic mass is 32.1. The molecule has 4 fully saturated rings. The van der Waals surface area contributed by atoms with E-state index in [0.29, 0.717) is 22.9 Å². The van der Waals surface area contributed by atoms with Gasteiger partial charge in [0.25, 0.3) is 0 Å². The number of nitrogen functional groups attached to an aromatic ring is 1. The largest absolute Gasteiger partial charge is 0.461 e. The van der Waals surface area contributed by atoms with E-state index in [1.807, 2.05) is 12.1 Å². The molecule has 3 N–H and O–H groups in total. The highest BCUT2D eigenvalue weighted by Gasteiger charge is 2.50. The lowest BCUT2D eigenvalue weighted by Gasteiger charge is -2.57. The molecule has 0 aromatic carbocycles. The Morgan fingerprint density at radius 1 is 1.15 bits per heavy atom. The van der Waals surface area contributed by atoms with Gasteiger partial charge in [-0.15, -0.1) is 11.3 Å². The fraction of sp³-hybridized carbons (Fsp3) is 0.524. The summed E-state index contributed by atoms with van der Waals surface area (Å²) in [5.74, 6) is 4.64. The predicted octanol–water partition coefficient (Wildman–Crippen LogP) is 4.59. The number of furan rings is 1. The number of anilines is 1. The van der Waals surface area contributed by atoms with Crippen LogP contribution in [0.1, 0.15) is 43.4 Å². The fourth-order valence-electron chi connectivity index (χ4n) is 6.20. The van der Waals surface area contributed by atoms with Crippen LogP contribution in [0.4, 0.5) is 5.82 Å². The molecule has 140 valence electrons. The molecule has 0 amide bonds. The van der Waals surface area contributed by atoms with Gasteiger partial charge in [0.2, 0.25) is 0 Å². The first kappa shape index (κ1) is 16.1. The molecule has 5 nitrogen and oxygen atoms in total. The number of nitrogens with one attached hydrogen (secondary N) is 1. The molecule has 0 unspecified atom stereocenters. The number of rotatable bonds is 4. The van der Waals surface area contributed by atoms with Gasteiger partial charge in [-0.1, -0.05) is 0 Å². The van der Waals surface area contributed by atoms with Crippen LogP contribution in [-0.2, 0) is 6.54 Å². The van der Waals surface area contributed by atoms with E-state index >= 15 is 0 Å². The molecule has 6 heteroatoms. The van der Waals surface area contributed by atoms with Gasteiger partial charge in [-0.3, -0.25) is 0 Å². The lowest BCUT2D eigenvalue weighted by atomic mass is 9.53. The van der Waals surface area contributed by atoms with Crippen molar-refractivity contribution >= 4 is 27.4 Å². The van der Waals surface area contributed by atoms with Gasteiger partial charge in [-0.25, -0.2) is 9.97 Å². The third-order valence-electron chi connectivity index (χ3n) is 6.89. The van der Waals surface area contributed by atoms with Crippen molar-refractivity contribution < 1.29 is 4.42 Å². The number of nitrogens with zero attached hydrogens (tertiary/aromatic N) is 2. The highest BCUT2D eigenvalue weighted by Crippen LogP contribution is 2.55. The topological polar surface area (TPSA) is 77.0 Å². The second-order valence-corrected chi connectivity index (χ2v) is 10.0. The van der Waals surface area contributed by atoms with E-state index in [1.54, 1.807) is 17.6 Å². The van der Waals surface area contributed by atoms with E-state index in [-0.39, 0.29) is 0 Å². The Morgan fingerprint density at radius 3 is 2.56 bits per heavy atom. The molecule has 0 spiro atoms. The normalized spacial score (nSPS) is 31.8. The number of hydrogen-bond donors (Lipinski definition) is 2. The minimum absolute atomic E-state index is 0.376. The lowest BCUT2D eigenvalue weighted by Crippen LogP contribution is -2.58. The van der Waals surface area contributed by atoms with Crippen LogP contribution in [0, 0.1) is 17.8 Å². The molecule has 0 aliphatic heterocycles. The van der Waals surface area contributed by atoms with Crippen molar-refractivity contribution in [2.24, 2.45) is 17.8 Å². The summed E-state index contributed by atoms with van der Waals surface area (Å²) in [6, 6.07) is 5.87. The van der Waals surface area contributed by atoms with Crippen molar-refractivity contribution in [3.63, 3.8) is 0 Å². The number of nitrogens with two attached hydrogens (primary N) is 1. The van der Waals surface area contributed by atoms with E-state index in [9.17, 15) is 0 Å². The predicted molar refractivity (Wildman–Crippen MR) is 107 cm³/mol. The van der Waals surface area contributed by atoms with E-state index in [2.05, 4.69) is 21.4 Å². The van der Waals surface area contributed by atoms with Crippen molar-refractivity contribution in [3.8, 4) is 11.6 Å². The van der Waals surface area contributed by atoms with Crippen molar-refractivity contribution in [1.82, 2.24) is 15.3 Å². The third-order valence-corrected chi connectivity index (χ3v) is 7.92. The Morgan fingerprint density at radius 2 is 1.89 bits per heavy atom. The number of thiophene rings is 1. The summed E-state index contributed by atoms with van der Waals surface area (Å²) >= 11 is 1.72. The number of aromatic nitrogens is 2. The van der Waals surface area contributed by atoms with Gasteiger partial charge in [-0.2, -0.15) is 0 Å². The van der Waals surface area contributed by atoms with Gasteiger partial charge in [-0.05, 0) is 74.5 Å². The molecule has 4 aliphatic rings. The Kier molecular flexibility index (Phi) is 3.44. The van der Waals surface area contributed by atoms with Crippen molar-refractivity contribution in [2.45, 2.75) is 50.6 Å². The lowest BCUT2D eigenvalue weighted by molar-refractivity contribution is -0.0204. The second-order valence-electron chi connectivity index (χ2n) is 8.89. The van der Waals surface area contributed by atoms with Crippen LogP contribution >= 0.6 is 11.3 Å². The molecule has 0 atom stereocenters. The van der Waals surface area contributed by atoms with Gasteiger partial charge >= 0.3 is 0 Å². The zero-order chi connectivity index (χ0) is 18.0. The van der Waals surface area contributed by atoms with Crippen molar-refractivity contribution in [1.29, 1.82) is 0 Å². The molecule has 4 bridgehead atoms. The second kappa shape index (κ2) is 5.79. The minimum atomic E-state index is 0.376. The van der Waals surface area contributed by atoms with E-state index in [0.717, 1.165) is 34.5 Å². The highest BCUT2D eigenvalue weighted by molar-refractivity contribution is 7.18. The van der Waals surface area contributed by atoms with Crippen LogP contribution in [0.15, 0.2) is 28.9 Å². The van der Waals surface area contributed by atoms with E-state index < -0.39 is 0 Å². The maximum atomic E-state index is 6.21. The summed E-state index contributed by atoms with van der Waals surface area (Å²) in [6.07, 6.45) is 10.2. The van der Waals surface area contributed by atoms with Crippen LogP contribution in [0.5, 0.6) is 0 Å². The minimum Gasteiger partial charge on any atom is -0.461 e. The Labute approximate surface area is 162 Å². The van der Waals surface area contributed by atoms with Gasteiger partial charge in [0, 0.05) is 17.0 Å². The summed E-state index contributed by atoms with van der Waals surface area (Å²) in [7, 11) is 0. The van der Waals surface area contributed by atoms with Crippen molar-refractivity contribution in [3.05, 3.63) is 29.3 Å². The monoisotopic (exact) mass is 380 g/mol. The average molecular weight is 381 g/mol. The summed E-state index contributed by atoms with van der Waals surface area (Å²) in [5.41, 5.74) is 6.59. The van der Waals surface area contributed by atoms with Gasteiger partial charge < -0.3 is 15.5 Å². The molecule has 27 heavy (non-hydrogen) atoms. The van der Waals surface area contributed by atoms with Crippen LogP contribution < -0.4 is 11.1 Å². The van der Waals surface area contributed by atoms with Gasteiger partial charge in [0.1, 0.15) is 10.6 Å². The SMILES string of the molecule is Nc1nc(-c2ccco2)nc2sc(CNC34CC5CC(CC(C5)C3)C4)cc12. The molecule has 4 saturated carbocycles. The molecule has 3 aromatic rings. The standard InChI is InChI=1S/C21H24N4OS/c22-18-16-7-15(27-20(16)25-19(24-18)17-2-1-3-26-17)11-23-21-8-12-4-13(9-21)6-14(5-12)10-21/h1-3,7,12-14,23H,4-6,8-11H2,(H2,22,24,25). The summed E-state index contributed by atoms with van der Waals surface area (Å²) in [6.45, 7) is 0.905. The van der Waals surface area contributed by atoms with Gasteiger partial charge in [0.15, 0.2) is 11.6 Å². The maximum Gasteiger partial charge on any atom is 0.199 e. The van der Waals surface area contributed by atoms with Crippen molar-refractivity contribution in [2.75, 3.05) is 5.73 Å². The van der Waals surface area contributed by atoms with E-state index in [4.69, 9.17) is 10.2 Å². The molecule has 7 rings (SSSR count). The summed E-state index contributed by atoms with van der Waals surface area (Å²) in [4.78, 5) is 11.3. The Bertz CT molecular complexity index is 958. The van der Waals surface area contributed by atoms with Crippen LogP contribution in [0.2, 0.25) is 0 Å². The smallest absolute Gasteiger partial charge is 0.199 e. The molecule has 3 aromatic heterocycles. The molecular formula is C21H24N4OS. The Balaban J connectivity index is 1.26. The molecular weight excluding hydrogens is 356 g/mol. The van der Waals surface area contributed by atoms with Crippen LogP contribution in [0.3, 0.4) is 0 Å². The summed E-state index contributed by atoms with van der Waals surface area (Å²) in [5, 5.41) is 4.93. The van der Waals surface area contributed by atoms with E-state index in [1.165, 1.54) is 43.4 Å². The quantitative estimate of drug-likeness (QED) is 0.692. The first-order valence-corrected chi connectivity index (χ1v) is 10.8. The van der Waals surface area contributed by atoms with Gasteiger partial charge in [0.05, 0.1) is 11.6 Å². The third kappa shape index (κ3) is 2.69. The zero-order valence-corrected chi connectivity index (χ0v) is 16.1. The Hall–Kier alpha value is -1.92. The number of hydrogen-bond acceptors (Lipinski definition) is 6. The first-order valence-electron chi connectivity index (χ1n) is 10.0. The first-order chi connectivity index (χ1) is 13.2. The molecule has 3 heterocycles. The fourth-order valence-corrected chi connectivity index (χ4v) is 7.17. The molecule has 0 saturated heterocycles. The maximum absolute atomic E-state index is 6.21. The zero-order valence-electron chi connectivity index (χ0n) is 15.3.